The highest BCUT2D eigenvalue weighted by molar-refractivity contribution is 7.98. The van der Waals surface area contributed by atoms with E-state index in [1.165, 1.54) is 0 Å². The van der Waals surface area contributed by atoms with Crippen molar-refractivity contribution in [3.05, 3.63) is 48.3 Å². The van der Waals surface area contributed by atoms with Gasteiger partial charge in [0.05, 0.1) is 17.3 Å². The number of aromatic nitrogens is 2. The predicted molar refractivity (Wildman–Crippen MR) is 76.5 cm³/mol. The van der Waals surface area contributed by atoms with E-state index in [9.17, 15) is 4.79 Å². The van der Waals surface area contributed by atoms with E-state index in [0.29, 0.717) is 5.75 Å². The quantitative estimate of drug-likeness (QED) is 0.881. The minimum atomic E-state index is -0.748. The third kappa shape index (κ3) is 3.86. The van der Waals surface area contributed by atoms with Gasteiger partial charge in [0.15, 0.2) is 0 Å². The standard InChI is InChI=1S/C14H16N2O2S/c1-11(14(17)18)9-19-10-12-7-8-16(15-12)13-5-3-2-4-6-13/h2-8,11H,9-10H2,1H3,(H,17,18). The highest BCUT2D eigenvalue weighted by atomic mass is 32.2. The van der Waals surface area contributed by atoms with Gasteiger partial charge in [0.1, 0.15) is 0 Å². The molecule has 1 heterocycles. The Labute approximate surface area is 116 Å². The summed E-state index contributed by atoms with van der Waals surface area (Å²) in [6.45, 7) is 1.72. The highest BCUT2D eigenvalue weighted by Gasteiger charge is 2.10. The van der Waals surface area contributed by atoms with Crippen LogP contribution < -0.4 is 0 Å². The molecule has 0 bridgehead atoms. The van der Waals surface area contributed by atoms with Gasteiger partial charge >= 0.3 is 5.97 Å². The van der Waals surface area contributed by atoms with Crippen LogP contribution in [-0.2, 0) is 10.5 Å². The SMILES string of the molecule is CC(CSCc1ccn(-c2ccccc2)n1)C(=O)O. The van der Waals surface area contributed by atoms with Crippen molar-refractivity contribution < 1.29 is 9.90 Å². The third-order valence-corrected chi connectivity index (χ3v) is 3.94. The first kappa shape index (κ1) is 13.7. The molecule has 19 heavy (non-hydrogen) atoms. The Morgan fingerprint density at radius 2 is 2.11 bits per heavy atom. The number of benzene rings is 1. The molecule has 0 aliphatic heterocycles. The van der Waals surface area contributed by atoms with E-state index in [1.807, 2.05) is 47.3 Å². The second kappa shape index (κ2) is 6.43. The van der Waals surface area contributed by atoms with Crippen LogP contribution >= 0.6 is 11.8 Å². The van der Waals surface area contributed by atoms with Crippen LogP contribution in [0, 0.1) is 5.92 Å². The summed E-state index contributed by atoms with van der Waals surface area (Å²) in [6.07, 6.45) is 1.92. The van der Waals surface area contributed by atoms with Gasteiger partial charge in [-0.25, -0.2) is 4.68 Å². The van der Waals surface area contributed by atoms with Gasteiger partial charge in [-0.05, 0) is 18.2 Å². The summed E-state index contributed by atoms with van der Waals surface area (Å²) < 4.78 is 1.83. The maximum atomic E-state index is 10.7. The minimum Gasteiger partial charge on any atom is -0.481 e. The number of hydrogen-bond donors (Lipinski definition) is 1. The number of carbonyl (C=O) groups is 1. The lowest BCUT2D eigenvalue weighted by molar-refractivity contribution is -0.140. The zero-order chi connectivity index (χ0) is 13.7. The molecular formula is C14H16N2O2S. The maximum Gasteiger partial charge on any atom is 0.307 e. The van der Waals surface area contributed by atoms with Crippen molar-refractivity contribution in [2.24, 2.45) is 5.92 Å². The molecule has 1 N–H and O–H groups in total. The number of para-hydroxylation sites is 1. The van der Waals surface area contributed by atoms with Gasteiger partial charge in [-0.15, -0.1) is 0 Å². The summed E-state index contributed by atoms with van der Waals surface area (Å²) in [7, 11) is 0. The highest BCUT2D eigenvalue weighted by Crippen LogP contribution is 2.15. The van der Waals surface area contributed by atoms with E-state index in [4.69, 9.17) is 5.11 Å². The smallest absolute Gasteiger partial charge is 0.307 e. The molecule has 2 aromatic rings. The Balaban J connectivity index is 1.90. The molecule has 1 aromatic carbocycles. The number of carboxylic acids is 1. The molecule has 0 spiro atoms. The van der Waals surface area contributed by atoms with Gasteiger partial charge in [-0.2, -0.15) is 16.9 Å². The molecule has 0 saturated carbocycles. The second-order valence-corrected chi connectivity index (χ2v) is 5.37. The van der Waals surface area contributed by atoms with Gasteiger partial charge < -0.3 is 5.11 Å². The van der Waals surface area contributed by atoms with Gasteiger partial charge in [0, 0.05) is 17.7 Å². The van der Waals surface area contributed by atoms with Crippen molar-refractivity contribution >= 4 is 17.7 Å². The number of carboxylic acid groups (broad SMARTS) is 1. The predicted octanol–water partition coefficient (Wildman–Crippen LogP) is 2.83. The minimum absolute atomic E-state index is 0.318. The van der Waals surface area contributed by atoms with Crippen molar-refractivity contribution in [3.63, 3.8) is 0 Å². The van der Waals surface area contributed by atoms with Crippen molar-refractivity contribution in [2.75, 3.05) is 5.75 Å². The summed E-state index contributed by atoms with van der Waals surface area (Å²) in [5.74, 6) is 0.272. The average Bonchev–Trinajstić information content (AvgIpc) is 2.88. The summed E-state index contributed by atoms with van der Waals surface area (Å²) >= 11 is 1.59. The van der Waals surface area contributed by atoms with Crippen LogP contribution in [0.15, 0.2) is 42.6 Å². The van der Waals surface area contributed by atoms with Crippen molar-refractivity contribution in [1.82, 2.24) is 9.78 Å². The Hall–Kier alpha value is -1.75. The first-order valence-electron chi connectivity index (χ1n) is 6.07. The number of rotatable bonds is 6. The van der Waals surface area contributed by atoms with Crippen LogP contribution in [0.5, 0.6) is 0 Å². The van der Waals surface area contributed by atoms with Gasteiger partial charge in [0.2, 0.25) is 0 Å². The van der Waals surface area contributed by atoms with E-state index < -0.39 is 5.97 Å². The molecule has 0 aliphatic carbocycles. The van der Waals surface area contributed by atoms with Gasteiger partial charge in [0.25, 0.3) is 0 Å². The summed E-state index contributed by atoms with van der Waals surface area (Å²) in [4.78, 5) is 10.7. The van der Waals surface area contributed by atoms with E-state index in [-0.39, 0.29) is 5.92 Å². The summed E-state index contributed by atoms with van der Waals surface area (Å²) in [5.41, 5.74) is 1.99. The molecule has 0 aliphatic rings. The Morgan fingerprint density at radius 3 is 2.79 bits per heavy atom. The second-order valence-electron chi connectivity index (χ2n) is 4.34. The first-order valence-corrected chi connectivity index (χ1v) is 7.23. The third-order valence-electron chi connectivity index (χ3n) is 2.70. The average molecular weight is 276 g/mol. The van der Waals surface area contributed by atoms with Crippen LogP contribution in [-0.4, -0.2) is 26.6 Å². The van der Waals surface area contributed by atoms with Crippen LogP contribution in [0.25, 0.3) is 5.69 Å². The molecule has 0 fully saturated rings. The molecule has 4 nitrogen and oxygen atoms in total. The molecule has 100 valence electrons. The Kier molecular flexibility index (Phi) is 4.63. The van der Waals surface area contributed by atoms with E-state index in [0.717, 1.165) is 17.1 Å². The monoisotopic (exact) mass is 276 g/mol. The lowest BCUT2D eigenvalue weighted by Gasteiger charge is -2.04. The number of nitrogens with zero attached hydrogens (tertiary/aromatic N) is 2. The fourth-order valence-electron chi connectivity index (χ4n) is 1.57. The van der Waals surface area contributed by atoms with Crippen molar-refractivity contribution in [2.45, 2.75) is 12.7 Å². The topological polar surface area (TPSA) is 55.1 Å². The van der Waals surface area contributed by atoms with Crippen LogP contribution in [0.2, 0.25) is 0 Å². The van der Waals surface area contributed by atoms with E-state index >= 15 is 0 Å². The number of hydrogen-bond acceptors (Lipinski definition) is 3. The molecule has 5 heteroatoms. The fourth-order valence-corrected chi connectivity index (χ4v) is 2.55. The van der Waals surface area contributed by atoms with Crippen LogP contribution in [0.3, 0.4) is 0 Å². The summed E-state index contributed by atoms with van der Waals surface area (Å²) in [5, 5.41) is 13.3. The van der Waals surface area contributed by atoms with Crippen LogP contribution in [0.4, 0.5) is 0 Å². The fraction of sp³-hybridized carbons (Fsp3) is 0.286. The zero-order valence-electron chi connectivity index (χ0n) is 10.7. The van der Waals surface area contributed by atoms with Gasteiger partial charge in [-0.1, -0.05) is 25.1 Å². The molecule has 1 unspecified atom stereocenters. The Morgan fingerprint density at radius 1 is 1.37 bits per heavy atom. The molecule has 1 aromatic heterocycles. The van der Waals surface area contributed by atoms with E-state index in [1.54, 1.807) is 18.7 Å². The van der Waals surface area contributed by atoms with Crippen molar-refractivity contribution in [3.8, 4) is 5.69 Å². The largest absolute Gasteiger partial charge is 0.481 e. The van der Waals surface area contributed by atoms with E-state index in [2.05, 4.69) is 5.10 Å². The lowest BCUT2D eigenvalue weighted by atomic mass is 10.2. The van der Waals surface area contributed by atoms with Crippen LogP contribution in [0.1, 0.15) is 12.6 Å². The molecule has 2 rings (SSSR count). The normalized spacial score (nSPS) is 12.3. The molecular weight excluding hydrogens is 260 g/mol. The summed E-state index contributed by atoms with van der Waals surface area (Å²) in [6, 6.07) is 11.9. The zero-order valence-corrected chi connectivity index (χ0v) is 11.5. The number of thioether (sulfide) groups is 1. The molecule has 0 saturated heterocycles. The Bertz CT molecular complexity index is 539. The first-order chi connectivity index (χ1) is 9.16. The molecule has 1 atom stereocenters. The van der Waals surface area contributed by atoms with Crippen molar-refractivity contribution in [1.29, 1.82) is 0 Å². The maximum absolute atomic E-state index is 10.7. The lowest BCUT2D eigenvalue weighted by Crippen LogP contribution is -2.11. The molecule has 0 amide bonds. The van der Waals surface area contributed by atoms with Gasteiger partial charge in [-0.3, -0.25) is 4.79 Å². The molecule has 0 radical (unpaired) electrons. The number of aliphatic carboxylic acids is 1.